The van der Waals surface area contributed by atoms with E-state index in [4.69, 9.17) is 15.9 Å². The Morgan fingerprint density at radius 2 is 2.03 bits per heavy atom. The van der Waals surface area contributed by atoms with Crippen LogP contribution in [0.1, 0.15) is 24.0 Å². The molecule has 34 heavy (non-hydrogen) atoms. The highest BCUT2D eigenvalue weighted by Crippen LogP contribution is 2.25. The Morgan fingerprint density at radius 3 is 2.74 bits per heavy atom. The second-order valence-electron chi connectivity index (χ2n) is 7.77. The molecule has 1 atom stereocenters. The average molecular weight is 462 g/mol. The number of hydrogen-bond acceptors (Lipinski definition) is 8. The van der Waals surface area contributed by atoms with E-state index in [0.717, 1.165) is 12.8 Å². The molecule has 0 radical (unpaired) electrons. The van der Waals surface area contributed by atoms with Crippen LogP contribution < -0.4 is 15.8 Å². The fourth-order valence-corrected chi connectivity index (χ4v) is 3.73. The zero-order valence-corrected chi connectivity index (χ0v) is 18.4. The number of anilines is 2. The van der Waals surface area contributed by atoms with Gasteiger partial charge in [-0.15, -0.1) is 0 Å². The van der Waals surface area contributed by atoms with Gasteiger partial charge in [0, 0.05) is 37.0 Å². The number of nitrogens with one attached hydrogen (secondary N) is 2. The Kier molecular flexibility index (Phi) is 6.77. The molecule has 0 spiro atoms. The number of halogens is 1. The van der Waals surface area contributed by atoms with Crippen LogP contribution in [0.4, 0.5) is 16.0 Å². The van der Waals surface area contributed by atoms with Crippen LogP contribution in [0.15, 0.2) is 61.6 Å². The standard InChI is InChI=1S/C24H24FN7O2/c1-2-20(33)32-11-3-4-17(13-32)31-24-21(23(27)29-14-30-24)22(26)15-5-10-19(28-12-15)34-18-8-6-16(25)7-9-18/h2,5-10,12,14,17,26H,1,3-4,11,13H2,(H3,27,29,30,31). The van der Waals surface area contributed by atoms with Crippen molar-refractivity contribution >= 4 is 23.3 Å². The van der Waals surface area contributed by atoms with Crippen LogP contribution in [0.25, 0.3) is 0 Å². The quantitative estimate of drug-likeness (QED) is 0.363. The largest absolute Gasteiger partial charge is 0.439 e. The highest BCUT2D eigenvalue weighted by molar-refractivity contribution is 6.16. The van der Waals surface area contributed by atoms with Crippen molar-refractivity contribution in [2.75, 3.05) is 24.1 Å². The van der Waals surface area contributed by atoms with E-state index in [2.05, 4.69) is 26.8 Å². The number of piperidine rings is 1. The van der Waals surface area contributed by atoms with E-state index in [0.29, 0.717) is 41.7 Å². The smallest absolute Gasteiger partial charge is 0.246 e. The van der Waals surface area contributed by atoms with Crippen molar-refractivity contribution in [3.8, 4) is 11.6 Å². The third kappa shape index (κ3) is 5.17. The summed E-state index contributed by atoms with van der Waals surface area (Å²) in [4.78, 5) is 26.3. The summed E-state index contributed by atoms with van der Waals surface area (Å²) >= 11 is 0. The van der Waals surface area contributed by atoms with E-state index < -0.39 is 0 Å². The first kappa shape index (κ1) is 22.8. The number of rotatable bonds is 7. The average Bonchev–Trinajstić information content (AvgIpc) is 2.85. The Labute approximate surface area is 196 Å². The number of amides is 1. The third-order valence-electron chi connectivity index (χ3n) is 5.44. The van der Waals surface area contributed by atoms with E-state index in [-0.39, 0.29) is 29.3 Å². The number of ether oxygens (including phenoxy) is 1. The molecule has 174 valence electrons. The number of nitrogens with zero attached hydrogens (tertiary/aromatic N) is 4. The van der Waals surface area contributed by atoms with Gasteiger partial charge in [-0.25, -0.2) is 19.3 Å². The van der Waals surface area contributed by atoms with Crippen molar-refractivity contribution in [2.24, 2.45) is 0 Å². The molecule has 1 saturated heterocycles. The molecular formula is C24H24FN7O2. The number of pyridine rings is 1. The van der Waals surface area contributed by atoms with Gasteiger partial charge in [-0.05, 0) is 49.2 Å². The maximum Gasteiger partial charge on any atom is 0.246 e. The molecule has 1 amide bonds. The van der Waals surface area contributed by atoms with Gasteiger partial charge in [0.2, 0.25) is 11.8 Å². The number of benzene rings is 1. The number of nitrogen functional groups attached to an aromatic ring is 1. The molecule has 4 rings (SSSR count). The van der Waals surface area contributed by atoms with Crippen LogP contribution in [-0.4, -0.2) is 50.6 Å². The van der Waals surface area contributed by atoms with Crippen molar-refractivity contribution in [3.63, 3.8) is 0 Å². The van der Waals surface area contributed by atoms with Gasteiger partial charge < -0.3 is 20.7 Å². The molecule has 0 saturated carbocycles. The summed E-state index contributed by atoms with van der Waals surface area (Å²) in [6.07, 6.45) is 5.81. The van der Waals surface area contributed by atoms with E-state index in [9.17, 15) is 9.18 Å². The monoisotopic (exact) mass is 461 g/mol. The molecule has 1 unspecified atom stereocenters. The summed E-state index contributed by atoms with van der Waals surface area (Å²) in [5.74, 6) is 0.847. The second-order valence-corrected chi connectivity index (χ2v) is 7.77. The molecule has 3 heterocycles. The maximum absolute atomic E-state index is 13.1. The summed E-state index contributed by atoms with van der Waals surface area (Å²) in [5.41, 5.74) is 7.05. The Balaban J connectivity index is 1.51. The Bertz CT molecular complexity index is 1200. The Hall–Kier alpha value is -4.34. The number of nitrogens with two attached hydrogens (primary N) is 1. The highest BCUT2D eigenvalue weighted by atomic mass is 19.1. The molecule has 2 aromatic heterocycles. The van der Waals surface area contributed by atoms with E-state index in [1.165, 1.54) is 42.9 Å². The summed E-state index contributed by atoms with van der Waals surface area (Å²) < 4.78 is 18.7. The summed E-state index contributed by atoms with van der Waals surface area (Å²) in [5, 5.41) is 12.0. The van der Waals surface area contributed by atoms with Crippen molar-refractivity contribution in [3.05, 3.63) is 78.5 Å². The molecular weight excluding hydrogens is 437 g/mol. The van der Waals surface area contributed by atoms with Crippen molar-refractivity contribution in [1.82, 2.24) is 19.9 Å². The third-order valence-corrected chi connectivity index (χ3v) is 5.44. The van der Waals surface area contributed by atoms with Gasteiger partial charge in [-0.3, -0.25) is 10.2 Å². The lowest BCUT2D eigenvalue weighted by atomic mass is 10.0. The fraction of sp³-hybridized carbons (Fsp3) is 0.208. The normalized spacial score (nSPS) is 15.4. The van der Waals surface area contributed by atoms with Gasteiger partial charge in [-0.1, -0.05) is 6.58 Å². The van der Waals surface area contributed by atoms with Gasteiger partial charge in [-0.2, -0.15) is 0 Å². The molecule has 1 aliphatic heterocycles. The molecule has 9 nitrogen and oxygen atoms in total. The topological polar surface area (TPSA) is 130 Å². The number of carbonyl (C=O) groups is 1. The van der Waals surface area contributed by atoms with Crippen LogP contribution in [0.5, 0.6) is 11.6 Å². The van der Waals surface area contributed by atoms with Gasteiger partial charge in [0.15, 0.2) is 0 Å². The number of carbonyl (C=O) groups excluding carboxylic acids is 1. The minimum Gasteiger partial charge on any atom is -0.439 e. The Morgan fingerprint density at radius 1 is 1.24 bits per heavy atom. The minimum atomic E-state index is -0.357. The van der Waals surface area contributed by atoms with Crippen LogP contribution in [-0.2, 0) is 4.79 Å². The highest BCUT2D eigenvalue weighted by Gasteiger charge is 2.25. The van der Waals surface area contributed by atoms with Crippen molar-refractivity contribution < 1.29 is 13.9 Å². The summed E-state index contributed by atoms with van der Waals surface area (Å²) in [6, 6.07) is 8.83. The molecule has 1 aliphatic rings. The van der Waals surface area contributed by atoms with Crippen LogP contribution in [0.2, 0.25) is 0 Å². The number of hydrogen-bond donors (Lipinski definition) is 3. The number of likely N-dealkylation sites (tertiary alicyclic amines) is 1. The maximum atomic E-state index is 13.1. The first-order chi connectivity index (χ1) is 16.4. The van der Waals surface area contributed by atoms with Gasteiger partial charge >= 0.3 is 0 Å². The molecule has 1 fully saturated rings. The number of aromatic nitrogens is 3. The molecule has 0 aliphatic carbocycles. The molecule has 0 bridgehead atoms. The van der Waals surface area contributed by atoms with Gasteiger partial charge in [0.05, 0.1) is 11.3 Å². The molecule has 10 heteroatoms. The fourth-order valence-electron chi connectivity index (χ4n) is 3.73. The molecule has 1 aromatic carbocycles. The van der Waals surface area contributed by atoms with Crippen molar-refractivity contribution in [1.29, 1.82) is 5.41 Å². The second kappa shape index (κ2) is 10.1. The zero-order valence-electron chi connectivity index (χ0n) is 18.4. The van der Waals surface area contributed by atoms with Crippen LogP contribution in [0.3, 0.4) is 0 Å². The first-order valence-corrected chi connectivity index (χ1v) is 10.7. The summed E-state index contributed by atoms with van der Waals surface area (Å²) in [7, 11) is 0. The van der Waals surface area contributed by atoms with Crippen molar-refractivity contribution in [2.45, 2.75) is 18.9 Å². The van der Waals surface area contributed by atoms with Gasteiger partial charge in [0.25, 0.3) is 0 Å². The lowest BCUT2D eigenvalue weighted by molar-refractivity contribution is -0.127. The van der Waals surface area contributed by atoms with Crippen LogP contribution >= 0.6 is 0 Å². The van der Waals surface area contributed by atoms with E-state index >= 15 is 0 Å². The van der Waals surface area contributed by atoms with E-state index in [1.807, 2.05) is 0 Å². The lowest BCUT2D eigenvalue weighted by Crippen LogP contribution is -2.44. The molecule has 4 N–H and O–H groups in total. The summed E-state index contributed by atoms with van der Waals surface area (Å²) in [6.45, 7) is 4.73. The van der Waals surface area contributed by atoms with E-state index in [1.54, 1.807) is 17.0 Å². The molecule has 3 aromatic rings. The first-order valence-electron chi connectivity index (χ1n) is 10.7. The minimum absolute atomic E-state index is 0.0527. The van der Waals surface area contributed by atoms with Gasteiger partial charge in [0.1, 0.15) is 29.5 Å². The SMILES string of the molecule is C=CC(=O)N1CCCC(Nc2ncnc(N)c2C(=N)c2ccc(Oc3ccc(F)cc3)nc2)C1. The van der Waals surface area contributed by atoms with Crippen LogP contribution in [0, 0.1) is 11.2 Å². The predicted molar refractivity (Wildman–Crippen MR) is 127 cm³/mol. The predicted octanol–water partition coefficient (Wildman–Crippen LogP) is 3.39. The lowest BCUT2D eigenvalue weighted by Gasteiger charge is -2.33. The zero-order chi connectivity index (χ0) is 24.1.